The lowest BCUT2D eigenvalue weighted by molar-refractivity contribution is -0.144. The van der Waals surface area contributed by atoms with Gasteiger partial charge in [0.2, 0.25) is 0 Å². The molecule has 3 atom stereocenters. The topological polar surface area (TPSA) is 29.5 Å². The van der Waals surface area contributed by atoms with Crippen molar-refractivity contribution in [2.75, 3.05) is 6.61 Å². The van der Waals surface area contributed by atoms with Crippen molar-refractivity contribution in [2.45, 2.75) is 51.3 Å². The van der Waals surface area contributed by atoms with Crippen LogP contribution in [0.25, 0.3) is 5.57 Å². The van der Waals surface area contributed by atoms with Gasteiger partial charge in [0.25, 0.3) is 5.91 Å². The van der Waals surface area contributed by atoms with Crippen LogP contribution in [0.2, 0.25) is 0 Å². The summed E-state index contributed by atoms with van der Waals surface area (Å²) in [6.45, 7) is 4.38. The average Bonchev–Trinajstić information content (AvgIpc) is 2.77. The molecule has 112 valence electrons. The zero-order chi connectivity index (χ0) is 14.8. The molecule has 0 radical (unpaired) electrons. The molecule has 2 bridgehead atoms. The van der Waals surface area contributed by atoms with Gasteiger partial charge in [0, 0.05) is 12.6 Å². The quantitative estimate of drug-likeness (QED) is 0.850. The van der Waals surface area contributed by atoms with Gasteiger partial charge < -0.3 is 9.64 Å². The van der Waals surface area contributed by atoms with E-state index in [9.17, 15) is 4.79 Å². The average molecular weight is 285 g/mol. The first-order chi connectivity index (χ1) is 10.2. The zero-order valence-corrected chi connectivity index (χ0v) is 12.8. The summed E-state index contributed by atoms with van der Waals surface area (Å²) >= 11 is 0. The SMILES string of the molecule is CCOC(C)C(=O)N1C2C=C(c3ccccc3)CC1CC2. The van der Waals surface area contributed by atoms with E-state index in [1.165, 1.54) is 11.1 Å². The maximum absolute atomic E-state index is 12.6. The minimum absolute atomic E-state index is 0.146. The van der Waals surface area contributed by atoms with E-state index in [0.717, 1.165) is 19.3 Å². The molecule has 1 aromatic rings. The van der Waals surface area contributed by atoms with Crippen molar-refractivity contribution in [3.05, 3.63) is 42.0 Å². The van der Waals surface area contributed by atoms with Crippen LogP contribution in [0, 0.1) is 0 Å². The Labute approximate surface area is 126 Å². The van der Waals surface area contributed by atoms with Gasteiger partial charge in [-0.25, -0.2) is 0 Å². The van der Waals surface area contributed by atoms with Crippen LogP contribution < -0.4 is 0 Å². The number of hydrogen-bond donors (Lipinski definition) is 0. The molecule has 0 aromatic heterocycles. The summed E-state index contributed by atoms with van der Waals surface area (Å²) in [5.74, 6) is 0.146. The van der Waals surface area contributed by atoms with Crippen LogP contribution in [0.4, 0.5) is 0 Å². The van der Waals surface area contributed by atoms with Crippen LogP contribution in [-0.4, -0.2) is 35.6 Å². The van der Waals surface area contributed by atoms with Gasteiger partial charge in [0.1, 0.15) is 6.10 Å². The second-order valence-corrected chi connectivity index (χ2v) is 5.90. The van der Waals surface area contributed by atoms with Gasteiger partial charge in [-0.15, -0.1) is 0 Å². The minimum Gasteiger partial charge on any atom is -0.369 e. The van der Waals surface area contributed by atoms with Crippen molar-refractivity contribution >= 4 is 11.5 Å². The fourth-order valence-corrected chi connectivity index (χ4v) is 3.57. The summed E-state index contributed by atoms with van der Waals surface area (Å²) in [6.07, 6.45) is 5.10. The third kappa shape index (κ3) is 2.75. The molecule has 1 saturated heterocycles. The molecule has 1 amide bonds. The van der Waals surface area contributed by atoms with E-state index in [-0.39, 0.29) is 18.1 Å². The molecule has 0 spiro atoms. The van der Waals surface area contributed by atoms with Crippen molar-refractivity contribution < 1.29 is 9.53 Å². The smallest absolute Gasteiger partial charge is 0.252 e. The fourth-order valence-electron chi connectivity index (χ4n) is 3.57. The standard InChI is InChI=1S/C18H23NO2/c1-3-21-13(2)18(20)19-16-9-10-17(19)12-15(11-16)14-7-5-4-6-8-14/h4-8,11,13,16-17H,3,9-10,12H2,1-2H3. The Balaban J connectivity index is 1.80. The Morgan fingerprint density at radius 1 is 1.33 bits per heavy atom. The lowest BCUT2D eigenvalue weighted by Crippen LogP contribution is -2.47. The molecule has 1 fully saturated rings. The van der Waals surface area contributed by atoms with Crippen LogP contribution in [0.5, 0.6) is 0 Å². The summed E-state index contributed by atoms with van der Waals surface area (Å²) in [6, 6.07) is 11.1. The van der Waals surface area contributed by atoms with Gasteiger partial charge in [-0.3, -0.25) is 4.79 Å². The highest BCUT2D eigenvalue weighted by atomic mass is 16.5. The number of rotatable bonds is 4. The molecule has 3 heteroatoms. The third-order valence-corrected chi connectivity index (χ3v) is 4.56. The molecule has 2 aliphatic rings. The highest BCUT2D eigenvalue weighted by molar-refractivity contribution is 5.83. The molecule has 0 aliphatic carbocycles. The van der Waals surface area contributed by atoms with Gasteiger partial charge >= 0.3 is 0 Å². The summed E-state index contributed by atoms with van der Waals surface area (Å²) in [5, 5.41) is 0. The Morgan fingerprint density at radius 3 is 2.76 bits per heavy atom. The number of ether oxygens (including phenoxy) is 1. The molecule has 3 nitrogen and oxygen atoms in total. The number of amides is 1. The lowest BCUT2D eigenvalue weighted by atomic mass is 9.94. The van der Waals surface area contributed by atoms with Crippen molar-refractivity contribution in [2.24, 2.45) is 0 Å². The molecule has 0 N–H and O–H groups in total. The summed E-state index contributed by atoms with van der Waals surface area (Å²) in [4.78, 5) is 14.6. The number of nitrogens with zero attached hydrogens (tertiary/aromatic N) is 1. The number of fused-ring (bicyclic) bond motifs is 2. The number of carbonyl (C=O) groups is 1. The van der Waals surface area contributed by atoms with E-state index < -0.39 is 0 Å². The van der Waals surface area contributed by atoms with E-state index in [0.29, 0.717) is 12.6 Å². The van der Waals surface area contributed by atoms with Crippen LogP contribution in [-0.2, 0) is 9.53 Å². The maximum Gasteiger partial charge on any atom is 0.252 e. The molecule has 2 aliphatic heterocycles. The van der Waals surface area contributed by atoms with Gasteiger partial charge in [-0.2, -0.15) is 0 Å². The molecule has 3 rings (SSSR count). The fraction of sp³-hybridized carbons (Fsp3) is 0.500. The van der Waals surface area contributed by atoms with Crippen molar-refractivity contribution in [1.82, 2.24) is 4.90 Å². The Kier molecular flexibility index (Phi) is 4.11. The van der Waals surface area contributed by atoms with E-state index in [4.69, 9.17) is 4.74 Å². The van der Waals surface area contributed by atoms with Crippen molar-refractivity contribution in [3.8, 4) is 0 Å². The van der Waals surface area contributed by atoms with E-state index in [2.05, 4.69) is 35.2 Å². The summed E-state index contributed by atoms with van der Waals surface area (Å²) < 4.78 is 5.48. The first kappa shape index (κ1) is 14.3. The molecule has 2 heterocycles. The van der Waals surface area contributed by atoms with Crippen LogP contribution in [0.3, 0.4) is 0 Å². The second-order valence-electron chi connectivity index (χ2n) is 5.90. The summed E-state index contributed by atoms with van der Waals surface area (Å²) in [7, 11) is 0. The highest BCUT2D eigenvalue weighted by Gasteiger charge is 2.41. The molecule has 21 heavy (non-hydrogen) atoms. The van der Waals surface area contributed by atoms with E-state index in [1.54, 1.807) is 0 Å². The molecule has 3 unspecified atom stereocenters. The van der Waals surface area contributed by atoms with Crippen LogP contribution in [0.15, 0.2) is 36.4 Å². The Hall–Kier alpha value is -1.61. The number of carbonyl (C=O) groups excluding carboxylic acids is 1. The first-order valence-electron chi connectivity index (χ1n) is 7.90. The van der Waals surface area contributed by atoms with E-state index >= 15 is 0 Å². The molecular formula is C18H23NO2. The highest BCUT2D eigenvalue weighted by Crippen LogP contribution is 2.38. The van der Waals surface area contributed by atoms with Gasteiger partial charge in [-0.1, -0.05) is 36.4 Å². The third-order valence-electron chi connectivity index (χ3n) is 4.56. The number of benzene rings is 1. The van der Waals surface area contributed by atoms with Crippen LogP contribution >= 0.6 is 0 Å². The van der Waals surface area contributed by atoms with Crippen molar-refractivity contribution in [1.29, 1.82) is 0 Å². The van der Waals surface area contributed by atoms with E-state index in [1.807, 2.05) is 19.9 Å². The maximum atomic E-state index is 12.6. The predicted molar refractivity (Wildman–Crippen MR) is 83.8 cm³/mol. The Bertz CT molecular complexity index is 537. The molecule has 1 aromatic carbocycles. The monoisotopic (exact) mass is 285 g/mol. The van der Waals surface area contributed by atoms with Gasteiger partial charge in [0.15, 0.2) is 0 Å². The van der Waals surface area contributed by atoms with Crippen molar-refractivity contribution in [3.63, 3.8) is 0 Å². The largest absolute Gasteiger partial charge is 0.369 e. The first-order valence-corrected chi connectivity index (χ1v) is 7.90. The number of hydrogen-bond acceptors (Lipinski definition) is 2. The normalized spacial score (nSPS) is 25.6. The second kappa shape index (κ2) is 6.02. The molecule has 0 saturated carbocycles. The predicted octanol–water partition coefficient (Wildman–Crippen LogP) is 3.26. The van der Waals surface area contributed by atoms with Gasteiger partial charge in [-0.05, 0) is 44.2 Å². The zero-order valence-electron chi connectivity index (χ0n) is 12.8. The Morgan fingerprint density at radius 2 is 2.10 bits per heavy atom. The van der Waals surface area contributed by atoms with Crippen LogP contribution in [0.1, 0.15) is 38.7 Å². The molecular weight excluding hydrogens is 262 g/mol. The lowest BCUT2D eigenvalue weighted by Gasteiger charge is -2.35. The van der Waals surface area contributed by atoms with Gasteiger partial charge in [0.05, 0.1) is 6.04 Å². The summed E-state index contributed by atoms with van der Waals surface area (Å²) in [5.41, 5.74) is 2.68. The minimum atomic E-state index is -0.329.